The topological polar surface area (TPSA) is 106 Å². The summed E-state index contributed by atoms with van der Waals surface area (Å²) in [5.74, 6) is 0.578. The Balaban J connectivity index is 2.10. The first-order valence-corrected chi connectivity index (χ1v) is 16.0. The number of aliphatic hydroxyl groups is 1. The zero-order valence-electron chi connectivity index (χ0n) is 21.6. The minimum atomic E-state index is -1.97. The van der Waals surface area contributed by atoms with Gasteiger partial charge < -0.3 is 9.53 Å². The van der Waals surface area contributed by atoms with Gasteiger partial charge in [0, 0.05) is 6.20 Å². The smallest absolute Gasteiger partial charge is 0.275 e. The number of nitrogens with zero attached hydrogens (tertiary/aromatic N) is 4. The Morgan fingerprint density at radius 2 is 1.97 bits per heavy atom. The molecule has 0 amide bonds. The van der Waals surface area contributed by atoms with E-state index in [1.807, 2.05) is 31.4 Å². The summed E-state index contributed by atoms with van der Waals surface area (Å²) in [4.78, 5) is 26.3. The van der Waals surface area contributed by atoms with E-state index in [2.05, 4.69) is 48.8 Å². The number of aromatic amines is 1. The van der Waals surface area contributed by atoms with Crippen LogP contribution >= 0.6 is 11.8 Å². The molecule has 0 saturated carbocycles. The van der Waals surface area contributed by atoms with E-state index in [-0.39, 0.29) is 12.2 Å². The van der Waals surface area contributed by atoms with Crippen LogP contribution in [0, 0.1) is 0 Å². The van der Waals surface area contributed by atoms with Gasteiger partial charge in [0.1, 0.15) is 5.39 Å². The van der Waals surface area contributed by atoms with Gasteiger partial charge in [0.25, 0.3) is 5.56 Å². The van der Waals surface area contributed by atoms with Gasteiger partial charge in [-0.3, -0.25) is 9.89 Å². The lowest BCUT2D eigenvalue weighted by Gasteiger charge is -2.40. The summed E-state index contributed by atoms with van der Waals surface area (Å²) in [5.41, 5.74) is 1.40. The minimum absolute atomic E-state index is 0.0524. The first kappa shape index (κ1) is 27.3. The molecule has 1 atom stereocenters. The van der Waals surface area contributed by atoms with Crippen LogP contribution in [0.3, 0.4) is 0 Å². The maximum Gasteiger partial charge on any atom is 0.275 e. The first-order chi connectivity index (χ1) is 16.7. The lowest BCUT2D eigenvalue weighted by Crippen LogP contribution is -2.44. The second kappa shape index (κ2) is 11.6. The van der Waals surface area contributed by atoms with Crippen molar-refractivity contribution in [2.45, 2.75) is 76.4 Å². The summed E-state index contributed by atoms with van der Waals surface area (Å²) in [6.45, 7) is 10.8. The number of aliphatic hydroxyl groups excluding tert-OH is 1. The largest absolute Gasteiger partial charge is 0.406 e. The second-order valence-electron chi connectivity index (χ2n) is 9.08. The van der Waals surface area contributed by atoms with Crippen molar-refractivity contribution in [3.05, 3.63) is 52.1 Å². The van der Waals surface area contributed by atoms with Crippen LogP contribution in [-0.4, -0.2) is 51.0 Å². The highest BCUT2D eigenvalue weighted by Crippen LogP contribution is 2.37. The number of allylic oxidation sites excluding steroid dienone is 1. The normalized spacial score (nSPS) is 14.4. The molecule has 0 saturated heterocycles. The summed E-state index contributed by atoms with van der Waals surface area (Å²) in [5, 5.41) is 13.3. The molecule has 3 heterocycles. The Kier molecular flexibility index (Phi) is 9.09. The summed E-state index contributed by atoms with van der Waals surface area (Å²) in [7, 11) is -1.97. The van der Waals surface area contributed by atoms with Gasteiger partial charge in [0.2, 0.25) is 0 Å². The van der Waals surface area contributed by atoms with Gasteiger partial charge in [-0.05, 0) is 63.2 Å². The molecule has 190 valence electrons. The molecule has 2 N–H and O–H groups in total. The third-order valence-electron chi connectivity index (χ3n) is 6.84. The minimum Gasteiger partial charge on any atom is -0.406 e. The van der Waals surface area contributed by atoms with Gasteiger partial charge in [-0.15, -0.1) is 0 Å². The van der Waals surface area contributed by atoms with Gasteiger partial charge in [-0.1, -0.05) is 50.2 Å². The molecule has 10 heteroatoms. The lowest BCUT2D eigenvalue weighted by molar-refractivity contribution is 0.0598. The molecule has 0 aliphatic heterocycles. The van der Waals surface area contributed by atoms with Gasteiger partial charge in [0.15, 0.2) is 24.9 Å². The molecule has 0 unspecified atom stereocenters. The van der Waals surface area contributed by atoms with Crippen LogP contribution in [0.25, 0.3) is 16.9 Å². The number of H-pyrrole nitrogens is 1. The highest BCUT2D eigenvalue weighted by Gasteiger charge is 2.39. The quantitative estimate of drug-likeness (QED) is 0.148. The lowest BCUT2D eigenvalue weighted by atomic mass is 9.95. The monoisotopic (exact) mass is 515 g/mol. The van der Waals surface area contributed by atoms with Crippen molar-refractivity contribution >= 4 is 31.1 Å². The molecule has 0 aliphatic carbocycles. The Morgan fingerprint density at radius 3 is 2.60 bits per heavy atom. The average molecular weight is 516 g/mol. The van der Waals surface area contributed by atoms with Crippen LogP contribution in [0.2, 0.25) is 18.1 Å². The van der Waals surface area contributed by atoms with Crippen molar-refractivity contribution in [2.24, 2.45) is 0 Å². The third-order valence-corrected chi connectivity index (χ3v) is 12.2. The SMILES string of the molecule is CC[Si](CC)(CC)O[C@](C)(CC/C=C(/C)CO)c1cccc(-n2[nH]c(=O)c3cnc(SC)nc32)n1. The van der Waals surface area contributed by atoms with Crippen molar-refractivity contribution < 1.29 is 9.53 Å². The number of aromatic nitrogens is 5. The molecule has 0 aliphatic rings. The van der Waals surface area contributed by atoms with E-state index in [0.29, 0.717) is 22.0 Å². The maximum atomic E-state index is 12.6. The van der Waals surface area contributed by atoms with Crippen molar-refractivity contribution in [3.63, 3.8) is 0 Å². The molecule has 3 aromatic heterocycles. The number of hydrogen-bond acceptors (Lipinski definition) is 7. The van der Waals surface area contributed by atoms with Gasteiger partial charge >= 0.3 is 0 Å². The Hall–Kier alpha value is -2.27. The fourth-order valence-electron chi connectivity index (χ4n) is 4.34. The third kappa shape index (κ3) is 5.94. The van der Waals surface area contributed by atoms with E-state index in [9.17, 15) is 9.90 Å². The van der Waals surface area contributed by atoms with E-state index in [0.717, 1.165) is 42.2 Å². The summed E-state index contributed by atoms with van der Waals surface area (Å²) < 4.78 is 8.70. The van der Waals surface area contributed by atoms with E-state index in [4.69, 9.17) is 9.41 Å². The van der Waals surface area contributed by atoms with E-state index in [1.165, 1.54) is 11.8 Å². The van der Waals surface area contributed by atoms with E-state index in [1.54, 1.807) is 10.9 Å². The number of fused-ring (bicyclic) bond motifs is 1. The van der Waals surface area contributed by atoms with Crippen molar-refractivity contribution in [1.29, 1.82) is 0 Å². The van der Waals surface area contributed by atoms with Gasteiger partial charge in [-0.2, -0.15) is 0 Å². The van der Waals surface area contributed by atoms with Crippen molar-refractivity contribution in [3.8, 4) is 5.82 Å². The number of thioether (sulfide) groups is 1. The first-order valence-electron chi connectivity index (χ1n) is 12.2. The van der Waals surface area contributed by atoms with Crippen LogP contribution in [-0.2, 0) is 10.0 Å². The van der Waals surface area contributed by atoms with Crippen molar-refractivity contribution in [1.82, 2.24) is 24.7 Å². The fraction of sp³-hybridized carbons (Fsp3) is 0.520. The number of nitrogens with one attached hydrogen (secondary N) is 1. The van der Waals surface area contributed by atoms with Crippen LogP contribution in [0.15, 0.2) is 46.0 Å². The van der Waals surface area contributed by atoms with Crippen LogP contribution in [0.5, 0.6) is 0 Å². The number of pyridine rings is 1. The molecule has 3 rings (SSSR count). The van der Waals surface area contributed by atoms with Gasteiger partial charge in [-0.25, -0.2) is 19.6 Å². The fourth-order valence-corrected chi connectivity index (χ4v) is 7.77. The summed E-state index contributed by atoms with van der Waals surface area (Å²) in [6.07, 6.45) is 7.02. The molecule has 0 aromatic carbocycles. The average Bonchev–Trinajstić information content (AvgIpc) is 3.22. The highest BCUT2D eigenvalue weighted by atomic mass is 32.2. The Morgan fingerprint density at radius 1 is 1.26 bits per heavy atom. The molecular weight excluding hydrogens is 478 g/mol. The Labute approximate surface area is 212 Å². The molecule has 8 nitrogen and oxygen atoms in total. The predicted octanol–water partition coefficient (Wildman–Crippen LogP) is 5.18. The molecule has 0 spiro atoms. The molecule has 0 radical (unpaired) electrons. The second-order valence-corrected chi connectivity index (χ2v) is 14.5. The van der Waals surface area contributed by atoms with E-state index < -0.39 is 13.9 Å². The highest BCUT2D eigenvalue weighted by molar-refractivity contribution is 7.98. The van der Waals surface area contributed by atoms with Crippen LogP contribution < -0.4 is 5.56 Å². The standard InChI is InChI=1S/C25H37N5O3SSi/c1-7-35(8-2,9-3)33-25(5,15-11-12-18(4)17-31)20-13-10-14-21(27-20)30-22-19(23(32)29-30)16-26-24(28-22)34-6/h10,12-14,16,31H,7-9,11,15,17H2,1-6H3,(H,29,32)/b18-12-/t25-/m1/s1. The molecule has 0 fully saturated rings. The zero-order valence-corrected chi connectivity index (χ0v) is 23.4. The predicted molar refractivity (Wildman–Crippen MR) is 145 cm³/mol. The van der Waals surface area contributed by atoms with E-state index >= 15 is 0 Å². The molecule has 35 heavy (non-hydrogen) atoms. The van der Waals surface area contributed by atoms with Crippen LogP contribution in [0.4, 0.5) is 0 Å². The number of hydrogen-bond donors (Lipinski definition) is 2. The molecule has 0 bridgehead atoms. The van der Waals surface area contributed by atoms with Crippen LogP contribution in [0.1, 0.15) is 53.2 Å². The zero-order chi connectivity index (χ0) is 25.6. The molecular formula is C25H37N5O3SSi. The summed E-state index contributed by atoms with van der Waals surface area (Å²) >= 11 is 1.42. The maximum absolute atomic E-state index is 12.6. The van der Waals surface area contributed by atoms with Gasteiger partial charge in [0.05, 0.1) is 17.9 Å². The number of rotatable bonds is 12. The summed E-state index contributed by atoms with van der Waals surface area (Å²) in [6, 6.07) is 8.90. The Bertz CT molecular complexity index is 1230. The molecule has 3 aromatic rings. The van der Waals surface area contributed by atoms with Crippen molar-refractivity contribution in [2.75, 3.05) is 12.9 Å².